The normalized spacial score (nSPS) is 18.8. The molecule has 2 aromatic carbocycles. The lowest BCUT2D eigenvalue weighted by atomic mass is 9.96. The molecular weight excluding hydrogens is 390 g/mol. The minimum Gasteiger partial charge on any atom is -0.497 e. The van der Waals surface area contributed by atoms with Crippen LogP contribution in [0.4, 0.5) is 0 Å². The Bertz CT molecular complexity index is 931. The van der Waals surface area contributed by atoms with Crippen LogP contribution in [0.25, 0.3) is 10.8 Å². The molecule has 2 aromatic rings. The summed E-state index contributed by atoms with van der Waals surface area (Å²) in [6.07, 6.45) is 3.47. The van der Waals surface area contributed by atoms with Crippen molar-refractivity contribution in [2.45, 2.75) is 32.1 Å². The first-order chi connectivity index (χ1) is 15.0. The zero-order chi connectivity index (χ0) is 21.8. The van der Waals surface area contributed by atoms with E-state index in [2.05, 4.69) is 17.0 Å². The van der Waals surface area contributed by atoms with Crippen molar-refractivity contribution < 1.29 is 14.3 Å². The van der Waals surface area contributed by atoms with Crippen molar-refractivity contribution in [3.05, 3.63) is 42.0 Å². The van der Waals surface area contributed by atoms with Crippen molar-refractivity contribution in [2.75, 3.05) is 52.9 Å². The molecule has 2 fully saturated rings. The van der Waals surface area contributed by atoms with Crippen LogP contribution in [0.3, 0.4) is 0 Å². The standard InChI is InChI=1S/C25H33N3O3/c1-19(20-6-7-22-17-23(31-2)9-8-21(22)16-20)25(30)28-14-12-26(13-15-28)18-24(29)27-10-4-3-5-11-27/h6-9,16-17,19H,3-5,10-15,18H2,1-2H3/t19-/m1/s1. The van der Waals surface area contributed by atoms with Gasteiger partial charge in [-0.05, 0) is 54.7 Å². The fourth-order valence-electron chi connectivity index (χ4n) is 4.62. The van der Waals surface area contributed by atoms with Crippen LogP contribution >= 0.6 is 0 Å². The summed E-state index contributed by atoms with van der Waals surface area (Å²) in [4.78, 5) is 31.8. The number of hydrogen-bond acceptors (Lipinski definition) is 4. The van der Waals surface area contributed by atoms with Crippen LogP contribution in [0.15, 0.2) is 36.4 Å². The molecule has 4 rings (SSSR count). The van der Waals surface area contributed by atoms with Crippen LogP contribution < -0.4 is 4.74 Å². The van der Waals surface area contributed by atoms with Crippen LogP contribution in [0.1, 0.15) is 37.7 Å². The number of amides is 2. The van der Waals surface area contributed by atoms with Gasteiger partial charge in [-0.2, -0.15) is 0 Å². The molecule has 1 atom stereocenters. The Labute approximate surface area is 184 Å². The molecular formula is C25H33N3O3. The lowest BCUT2D eigenvalue weighted by molar-refractivity contribution is -0.136. The molecule has 0 saturated carbocycles. The number of likely N-dealkylation sites (tertiary alicyclic amines) is 1. The minimum atomic E-state index is -0.187. The highest BCUT2D eigenvalue weighted by Gasteiger charge is 2.27. The number of nitrogens with zero attached hydrogens (tertiary/aromatic N) is 3. The fourth-order valence-corrected chi connectivity index (χ4v) is 4.62. The molecule has 2 amide bonds. The molecule has 0 spiro atoms. The van der Waals surface area contributed by atoms with Gasteiger partial charge < -0.3 is 14.5 Å². The SMILES string of the molecule is COc1ccc2cc([C@@H](C)C(=O)N3CCN(CC(=O)N4CCCCC4)CC3)ccc2c1. The Morgan fingerprint density at radius 2 is 1.55 bits per heavy atom. The van der Waals surface area contributed by atoms with Gasteiger partial charge in [0.1, 0.15) is 5.75 Å². The molecule has 31 heavy (non-hydrogen) atoms. The van der Waals surface area contributed by atoms with Crippen molar-refractivity contribution in [1.29, 1.82) is 0 Å². The van der Waals surface area contributed by atoms with Gasteiger partial charge in [0.25, 0.3) is 0 Å². The Kier molecular flexibility index (Phi) is 6.76. The van der Waals surface area contributed by atoms with Crippen molar-refractivity contribution in [1.82, 2.24) is 14.7 Å². The molecule has 6 nitrogen and oxygen atoms in total. The summed E-state index contributed by atoms with van der Waals surface area (Å²) in [5.41, 5.74) is 1.03. The van der Waals surface area contributed by atoms with E-state index >= 15 is 0 Å². The summed E-state index contributed by atoms with van der Waals surface area (Å²) < 4.78 is 5.30. The van der Waals surface area contributed by atoms with E-state index in [-0.39, 0.29) is 17.7 Å². The molecule has 166 valence electrons. The lowest BCUT2D eigenvalue weighted by Gasteiger charge is -2.37. The smallest absolute Gasteiger partial charge is 0.236 e. The molecule has 0 bridgehead atoms. The van der Waals surface area contributed by atoms with Crippen molar-refractivity contribution in [2.24, 2.45) is 0 Å². The molecule has 2 aliphatic rings. The number of methoxy groups -OCH3 is 1. The van der Waals surface area contributed by atoms with Gasteiger partial charge in [0.2, 0.25) is 11.8 Å². The van der Waals surface area contributed by atoms with E-state index in [9.17, 15) is 9.59 Å². The monoisotopic (exact) mass is 423 g/mol. The summed E-state index contributed by atoms with van der Waals surface area (Å²) in [6, 6.07) is 12.2. The third-order valence-electron chi connectivity index (χ3n) is 6.69. The number of carbonyl (C=O) groups excluding carboxylic acids is 2. The van der Waals surface area contributed by atoms with E-state index in [1.54, 1.807) is 7.11 Å². The molecule has 0 unspecified atom stereocenters. The summed E-state index contributed by atoms with van der Waals surface area (Å²) in [5.74, 6) is 1.05. The van der Waals surface area contributed by atoms with Crippen LogP contribution in [0.5, 0.6) is 5.75 Å². The number of benzene rings is 2. The number of rotatable bonds is 5. The maximum absolute atomic E-state index is 13.1. The number of fused-ring (bicyclic) bond motifs is 1. The van der Waals surface area contributed by atoms with Crippen molar-refractivity contribution >= 4 is 22.6 Å². The zero-order valence-electron chi connectivity index (χ0n) is 18.7. The third kappa shape index (κ3) is 5.01. The maximum atomic E-state index is 13.1. The second-order valence-electron chi connectivity index (χ2n) is 8.74. The van der Waals surface area contributed by atoms with Crippen LogP contribution in [-0.2, 0) is 9.59 Å². The lowest BCUT2D eigenvalue weighted by Crippen LogP contribution is -2.52. The highest BCUT2D eigenvalue weighted by atomic mass is 16.5. The summed E-state index contributed by atoms with van der Waals surface area (Å²) in [5, 5.41) is 2.22. The number of hydrogen-bond donors (Lipinski definition) is 0. The first-order valence-electron chi connectivity index (χ1n) is 11.4. The average Bonchev–Trinajstić information content (AvgIpc) is 2.83. The minimum absolute atomic E-state index is 0.162. The van der Waals surface area contributed by atoms with E-state index in [1.165, 1.54) is 6.42 Å². The van der Waals surface area contributed by atoms with Gasteiger partial charge in [0.05, 0.1) is 19.6 Å². The van der Waals surface area contributed by atoms with Gasteiger partial charge in [-0.25, -0.2) is 0 Å². The summed E-state index contributed by atoms with van der Waals surface area (Å²) >= 11 is 0. The average molecular weight is 424 g/mol. The van der Waals surface area contributed by atoms with Gasteiger partial charge in [-0.15, -0.1) is 0 Å². The quantitative estimate of drug-likeness (QED) is 0.742. The molecule has 2 saturated heterocycles. The van der Waals surface area contributed by atoms with Crippen molar-refractivity contribution in [3.8, 4) is 5.75 Å². The van der Waals surface area contributed by atoms with Gasteiger partial charge >= 0.3 is 0 Å². The Morgan fingerprint density at radius 3 is 2.26 bits per heavy atom. The zero-order valence-corrected chi connectivity index (χ0v) is 18.7. The number of piperazine rings is 1. The predicted molar refractivity (Wildman–Crippen MR) is 122 cm³/mol. The second kappa shape index (κ2) is 9.69. The van der Waals surface area contributed by atoms with E-state index in [4.69, 9.17) is 4.74 Å². The highest BCUT2D eigenvalue weighted by molar-refractivity contribution is 5.88. The fraction of sp³-hybridized carbons (Fsp3) is 0.520. The van der Waals surface area contributed by atoms with E-state index in [1.807, 2.05) is 41.0 Å². The van der Waals surface area contributed by atoms with E-state index in [0.717, 1.165) is 61.1 Å². The van der Waals surface area contributed by atoms with Gasteiger partial charge in [-0.1, -0.05) is 24.3 Å². The molecule has 2 aliphatic heterocycles. The Balaban J connectivity index is 1.32. The van der Waals surface area contributed by atoms with Gasteiger partial charge in [0.15, 0.2) is 0 Å². The summed E-state index contributed by atoms with van der Waals surface area (Å²) in [7, 11) is 1.67. The van der Waals surface area contributed by atoms with E-state index in [0.29, 0.717) is 19.6 Å². The number of piperidine rings is 1. The second-order valence-corrected chi connectivity index (χ2v) is 8.74. The highest BCUT2D eigenvalue weighted by Crippen LogP contribution is 2.26. The third-order valence-corrected chi connectivity index (χ3v) is 6.69. The largest absolute Gasteiger partial charge is 0.497 e. The van der Waals surface area contributed by atoms with Crippen LogP contribution in [0.2, 0.25) is 0 Å². The van der Waals surface area contributed by atoms with Crippen molar-refractivity contribution in [3.63, 3.8) is 0 Å². The molecule has 6 heteroatoms. The predicted octanol–water partition coefficient (Wildman–Crippen LogP) is 3.11. The maximum Gasteiger partial charge on any atom is 0.236 e. The summed E-state index contributed by atoms with van der Waals surface area (Å²) in [6.45, 7) is 7.14. The number of ether oxygens (including phenoxy) is 1. The Morgan fingerprint density at radius 1 is 0.871 bits per heavy atom. The van der Waals surface area contributed by atoms with Crippen LogP contribution in [-0.4, -0.2) is 79.4 Å². The van der Waals surface area contributed by atoms with Gasteiger partial charge in [0, 0.05) is 39.3 Å². The molecule has 0 N–H and O–H groups in total. The molecule has 0 aromatic heterocycles. The Hall–Kier alpha value is -2.60. The molecule has 0 aliphatic carbocycles. The topological polar surface area (TPSA) is 53.1 Å². The molecule has 2 heterocycles. The molecule has 0 radical (unpaired) electrons. The first-order valence-corrected chi connectivity index (χ1v) is 11.4. The van der Waals surface area contributed by atoms with E-state index < -0.39 is 0 Å². The number of carbonyl (C=O) groups is 2. The van der Waals surface area contributed by atoms with Crippen LogP contribution in [0, 0.1) is 0 Å². The van der Waals surface area contributed by atoms with Gasteiger partial charge in [-0.3, -0.25) is 14.5 Å². The first kappa shape index (κ1) is 21.6.